The molecule has 108 valence electrons. The van der Waals surface area contributed by atoms with Crippen LogP contribution >= 0.6 is 0 Å². The Balaban J connectivity index is 2.97. The van der Waals surface area contributed by atoms with E-state index in [1.807, 2.05) is 6.92 Å². The molecule has 0 atom stereocenters. The first-order valence-corrected chi connectivity index (χ1v) is 7.58. The first-order chi connectivity index (χ1) is 8.92. The smallest absolute Gasteiger partial charge is 0.243 e. The van der Waals surface area contributed by atoms with Crippen molar-refractivity contribution in [1.82, 2.24) is 4.72 Å². The van der Waals surface area contributed by atoms with Gasteiger partial charge in [-0.05, 0) is 24.1 Å². The highest BCUT2D eigenvalue weighted by molar-refractivity contribution is 7.89. The van der Waals surface area contributed by atoms with Crippen molar-refractivity contribution in [3.63, 3.8) is 0 Å². The van der Waals surface area contributed by atoms with Crippen LogP contribution < -0.4 is 10.5 Å². The van der Waals surface area contributed by atoms with Crippen molar-refractivity contribution in [3.8, 4) is 0 Å². The van der Waals surface area contributed by atoms with Gasteiger partial charge in [-0.15, -0.1) is 0 Å². The standard InChI is InChI=1S/C12H18F2N2O2S/c1-2-3-4-5-16-19(17,18)11-7-9(8-15)6-10(13)12(11)14/h6-7,16H,2-5,8,15H2,1H3. The maximum absolute atomic E-state index is 13.6. The van der Waals surface area contributed by atoms with Crippen LogP contribution in [-0.2, 0) is 16.6 Å². The molecule has 4 nitrogen and oxygen atoms in total. The first-order valence-electron chi connectivity index (χ1n) is 6.10. The average molecular weight is 292 g/mol. The molecule has 1 rings (SSSR count). The Morgan fingerprint density at radius 3 is 2.53 bits per heavy atom. The summed E-state index contributed by atoms with van der Waals surface area (Å²) in [5, 5.41) is 0. The third-order valence-electron chi connectivity index (χ3n) is 2.65. The Hall–Kier alpha value is -1.05. The molecule has 0 amide bonds. The molecule has 0 radical (unpaired) electrons. The molecule has 7 heteroatoms. The Kier molecular flexibility index (Phi) is 5.84. The summed E-state index contributed by atoms with van der Waals surface area (Å²) >= 11 is 0. The number of halogens is 2. The van der Waals surface area contributed by atoms with Gasteiger partial charge in [-0.1, -0.05) is 19.8 Å². The number of unbranched alkanes of at least 4 members (excludes halogenated alkanes) is 2. The van der Waals surface area contributed by atoms with Crippen LogP contribution in [0.2, 0.25) is 0 Å². The molecule has 3 N–H and O–H groups in total. The lowest BCUT2D eigenvalue weighted by atomic mass is 10.2. The van der Waals surface area contributed by atoms with Gasteiger partial charge in [0.05, 0.1) is 0 Å². The third kappa shape index (κ3) is 4.22. The lowest BCUT2D eigenvalue weighted by molar-refractivity contribution is 0.481. The van der Waals surface area contributed by atoms with E-state index in [-0.39, 0.29) is 18.7 Å². The minimum Gasteiger partial charge on any atom is -0.326 e. The first kappa shape index (κ1) is 16.0. The van der Waals surface area contributed by atoms with E-state index in [0.717, 1.165) is 25.0 Å². The molecule has 0 fully saturated rings. The number of hydrogen-bond acceptors (Lipinski definition) is 3. The van der Waals surface area contributed by atoms with Gasteiger partial charge in [-0.25, -0.2) is 21.9 Å². The van der Waals surface area contributed by atoms with Crippen LogP contribution in [0, 0.1) is 11.6 Å². The molecule has 0 aliphatic heterocycles. The summed E-state index contributed by atoms with van der Waals surface area (Å²) in [5.41, 5.74) is 5.55. The normalized spacial score (nSPS) is 11.8. The lowest BCUT2D eigenvalue weighted by Crippen LogP contribution is -2.26. The second kappa shape index (κ2) is 6.93. The van der Waals surface area contributed by atoms with Crippen LogP contribution in [0.1, 0.15) is 31.7 Å². The Labute approximate surface area is 112 Å². The quantitative estimate of drug-likeness (QED) is 0.754. The van der Waals surface area contributed by atoms with Crippen LogP contribution in [0.3, 0.4) is 0 Å². The average Bonchev–Trinajstić information content (AvgIpc) is 2.37. The van der Waals surface area contributed by atoms with Gasteiger partial charge >= 0.3 is 0 Å². The summed E-state index contributed by atoms with van der Waals surface area (Å²) < 4.78 is 52.8. The minimum absolute atomic E-state index is 0.0600. The van der Waals surface area contributed by atoms with E-state index in [2.05, 4.69) is 4.72 Å². The van der Waals surface area contributed by atoms with E-state index >= 15 is 0 Å². The molecular weight excluding hydrogens is 274 g/mol. The number of nitrogens with two attached hydrogens (primary N) is 1. The molecule has 0 heterocycles. The van der Waals surface area contributed by atoms with Crippen LogP contribution in [0.5, 0.6) is 0 Å². The summed E-state index contributed by atoms with van der Waals surface area (Å²) in [5.74, 6) is -2.59. The number of benzene rings is 1. The zero-order valence-electron chi connectivity index (χ0n) is 10.7. The Bertz CT molecular complexity index is 533. The zero-order chi connectivity index (χ0) is 14.5. The van der Waals surface area contributed by atoms with E-state index < -0.39 is 26.6 Å². The number of sulfonamides is 1. The van der Waals surface area contributed by atoms with E-state index in [4.69, 9.17) is 5.73 Å². The lowest BCUT2D eigenvalue weighted by Gasteiger charge is -2.09. The van der Waals surface area contributed by atoms with Crippen molar-refractivity contribution in [2.45, 2.75) is 37.6 Å². The zero-order valence-corrected chi connectivity index (χ0v) is 11.6. The molecule has 1 aromatic carbocycles. The summed E-state index contributed by atoms with van der Waals surface area (Å²) in [6, 6.07) is 1.95. The fourth-order valence-electron chi connectivity index (χ4n) is 1.59. The maximum atomic E-state index is 13.6. The number of nitrogens with one attached hydrogen (secondary N) is 1. The van der Waals surface area contributed by atoms with Crippen molar-refractivity contribution < 1.29 is 17.2 Å². The Morgan fingerprint density at radius 1 is 1.26 bits per heavy atom. The predicted octanol–water partition coefficient (Wildman–Crippen LogP) is 1.89. The largest absolute Gasteiger partial charge is 0.326 e. The van der Waals surface area contributed by atoms with Gasteiger partial charge < -0.3 is 5.73 Å². The van der Waals surface area contributed by atoms with Crippen LogP contribution in [-0.4, -0.2) is 15.0 Å². The monoisotopic (exact) mass is 292 g/mol. The molecular formula is C12H18F2N2O2S. The summed E-state index contributed by atoms with van der Waals surface area (Å²) in [6.45, 7) is 2.12. The third-order valence-corrected chi connectivity index (χ3v) is 4.11. The topological polar surface area (TPSA) is 72.2 Å². The predicted molar refractivity (Wildman–Crippen MR) is 69.0 cm³/mol. The molecule has 0 aliphatic carbocycles. The SMILES string of the molecule is CCCCCNS(=O)(=O)c1cc(CN)cc(F)c1F. The minimum atomic E-state index is -4.05. The molecule has 0 saturated heterocycles. The van der Waals surface area contributed by atoms with Crippen molar-refractivity contribution in [1.29, 1.82) is 0 Å². The molecule has 0 aromatic heterocycles. The fraction of sp³-hybridized carbons (Fsp3) is 0.500. The van der Waals surface area contributed by atoms with Crippen molar-refractivity contribution in [2.75, 3.05) is 6.54 Å². The number of rotatable bonds is 7. The van der Waals surface area contributed by atoms with Gasteiger partial charge in [0, 0.05) is 13.1 Å². The van der Waals surface area contributed by atoms with E-state index in [9.17, 15) is 17.2 Å². The highest BCUT2D eigenvalue weighted by Crippen LogP contribution is 2.19. The van der Waals surface area contributed by atoms with E-state index in [1.165, 1.54) is 0 Å². The van der Waals surface area contributed by atoms with Gasteiger partial charge in [0.15, 0.2) is 11.6 Å². The fourth-order valence-corrected chi connectivity index (χ4v) is 2.80. The van der Waals surface area contributed by atoms with Crippen molar-refractivity contribution >= 4 is 10.0 Å². The highest BCUT2D eigenvalue weighted by Gasteiger charge is 2.22. The highest BCUT2D eigenvalue weighted by atomic mass is 32.2. The van der Waals surface area contributed by atoms with Crippen molar-refractivity contribution in [2.24, 2.45) is 5.73 Å². The Morgan fingerprint density at radius 2 is 1.95 bits per heavy atom. The molecule has 0 aliphatic rings. The van der Waals surface area contributed by atoms with Crippen LogP contribution in [0.15, 0.2) is 17.0 Å². The van der Waals surface area contributed by atoms with E-state index in [1.54, 1.807) is 0 Å². The maximum Gasteiger partial charge on any atom is 0.243 e. The van der Waals surface area contributed by atoms with Crippen molar-refractivity contribution in [3.05, 3.63) is 29.3 Å². The van der Waals surface area contributed by atoms with Gasteiger partial charge in [0.25, 0.3) is 0 Å². The number of hydrogen-bond donors (Lipinski definition) is 2. The van der Waals surface area contributed by atoms with E-state index in [0.29, 0.717) is 6.42 Å². The second-order valence-corrected chi connectivity index (χ2v) is 5.93. The molecule has 0 unspecified atom stereocenters. The molecule has 1 aromatic rings. The summed E-state index contributed by atoms with van der Waals surface area (Å²) in [7, 11) is -4.05. The van der Waals surface area contributed by atoms with Gasteiger partial charge in [0.2, 0.25) is 10.0 Å². The molecule has 0 saturated carbocycles. The van der Waals surface area contributed by atoms with Gasteiger partial charge in [0.1, 0.15) is 4.90 Å². The molecule has 0 spiro atoms. The second-order valence-electron chi connectivity index (χ2n) is 4.20. The summed E-state index contributed by atoms with van der Waals surface area (Å²) in [4.78, 5) is -0.690. The van der Waals surface area contributed by atoms with Crippen LogP contribution in [0.4, 0.5) is 8.78 Å². The van der Waals surface area contributed by atoms with Gasteiger partial charge in [-0.3, -0.25) is 0 Å². The van der Waals surface area contributed by atoms with Gasteiger partial charge in [-0.2, -0.15) is 0 Å². The van der Waals surface area contributed by atoms with Crippen LogP contribution in [0.25, 0.3) is 0 Å². The molecule has 19 heavy (non-hydrogen) atoms. The molecule has 0 bridgehead atoms. The summed E-state index contributed by atoms with van der Waals surface area (Å²) in [6.07, 6.45) is 2.45.